The van der Waals surface area contributed by atoms with Crippen molar-refractivity contribution in [3.63, 3.8) is 0 Å². The summed E-state index contributed by atoms with van der Waals surface area (Å²) in [5.74, 6) is 0. The molecule has 1 aromatic heterocycles. The van der Waals surface area contributed by atoms with Gasteiger partial charge in [0.05, 0.1) is 23.7 Å². The lowest BCUT2D eigenvalue weighted by Gasteiger charge is -2.21. The topological polar surface area (TPSA) is 25.4 Å². The molecule has 114 valence electrons. The molecule has 0 radical (unpaired) electrons. The molecule has 0 amide bonds. The van der Waals surface area contributed by atoms with Gasteiger partial charge in [0.2, 0.25) is 0 Å². The van der Waals surface area contributed by atoms with Crippen molar-refractivity contribution in [1.82, 2.24) is 4.98 Å². The molecule has 0 unspecified atom stereocenters. The predicted octanol–water partition coefficient (Wildman–Crippen LogP) is 3.84. The highest BCUT2D eigenvalue weighted by Gasteiger charge is 2.17. The Bertz CT molecular complexity index is 512. The summed E-state index contributed by atoms with van der Waals surface area (Å²) in [6, 6.07) is 4.32. The van der Waals surface area contributed by atoms with Gasteiger partial charge < -0.3 is 9.64 Å². The summed E-state index contributed by atoms with van der Waals surface area (Å²) < 4.78 is 5.51. The predicted molar refractivity (Wildman–Crippen MR) is 88.7 cm³/mol. The van der Waals surface area contributed by atoms with E-state index in [1.165, 1.54) is 18.5 Å². The highest BCUT2D eigenvalue weighted by Crippen LogP contribution is 2.26. The van der Waals surface area contributed by atoms with Gasteiger partial charge in [0.1, 0.15) is 0 Å². The van der Waals surface area contributed by atoms with Crippen LogP contribution < -0.4 is 4.90 Å². The molecule has 3 nitrogen and oxygen atoms in total. The Morgan fingerprint density at radius 1 is 1.33 bits per heavy atom. The van der Waals surface area contributed by atoms with Gasteiger partial charge in [-0.2, -0.15) is 0 Å². The smallest absolute Gasteiger partial charge is 0.0743 e. The Morgan fingerprint density at radius 2 is 2.10 bits per heavy atom. The van der Waals surface area contributed by atoms with Crippen LogP contribution in [-0.2, 0) is 11.2 Å². The fourth-order valence-corrected chi connectivity index (χ4v) is 2.80. The maximum Gasteiger partial charge on any atom is 0.0743 e. The third kappa shape index (κ3) is 3.96. The molecule has 1 aliphatic heterocycles. The number of anilines is 1. The molecule has 0 aromatic carbocycles. The number of pyridine rings is 1. The van der Waals surface area contributed by atoms with Gasteiger partial charge in [0, 0.05) is 31.7 Å². The van der Waals surface area contributed by atoms with Crippen molar-refractivity contribution in [1.29, 1.82) is 0 Å². The highest BCUT2D eigenvalue weighted by atomic mass is 16.5. The summed E-state index contributed by atoms with van der Waals surface area (Å²) in [5.41, 5.74) is 7.51. The lowest BCUT2D eigenvalue weighted by molar-refractivity contribution is 0.150. The van der Waals surface area contributed by atoms with E-state index in [0.717, 1.165) is 56.1 Å². The first kappa shape index (κ1) is 15.8. The standard InChI is InChI=1S/C18H26N2O/c1-4-15(5-2)16-9-10-18(20-12-7-8-13-20)17(19-16)11-14-21-6-3/h9-10H,1,5-8,11-14H2,2-3H3. The van der Waals surface area contributed by atoms with E-state index < -0.39 is 0 Å². The van der Waals surface area contributed by atoms with Crippen LogP contribution in [0.4, 0.5) is 5.69 Å². The molecule has 0 aliphatic carbocycles. The molecule has 1 fully saturated rings. The SMILES string of the molecule is C=C=C(CC)c1ccc(N2CCCC2)c(CCOCC)n1. The van der Waals surface area contributed by atoms with E-state index in [0.29, 0.717) is 0 Å². The van der Waals surface area contributed by atoms with Gasteiger partial charge in [-0.1, -0.05) is 13.5 Å². The zero-order chi connectivity index (χ0) is 15.1. The van der Waals surface area contributed by atoms with E-state index in [4.69, 9.17) is 9.72 Å². The number of ether oxygens (including phenoxy) is 1. The van der Waals surface area contributed by atoms with E-state index in [1.54, 1.807) is 0 Å². The summed E-state index contributed by atoms with van der Waals surface area (Å²) in [4.78, 5) is 7.32. The number of hydrogen-bond acceptors (Lipinski definition) is 3. The van der Waals surface area contributed by atoms with Crippen LogP contribution in [0.25, 0.3) is 5.57 Å². The number of hydrogen-bond donors (Lipinski definition) is 0. The van der Waals surface area contributed by atoms with Crippen LogP contribution in [0.15, 0.2) is 24.4 Å². The Hall–Kier alpha value is -1.57. The molecule has 21 heavy (non-hydrogen) atoms. The maximum absolute atomic E-state index is 5.51. The van der Waals surface area contributed by atoms with Gasteiger partial charge in [-0.3, -0.25) is 4.98 Å². The third-order valence-corrected chi connectivity index (χ3v) is 3.96. The molecule has 0 saturated carbocycles. The normalized spacial score (nSPS) is 14.3. The molecule has 3 heteroatoms. The fraction of sp³-hybridized carbons (Fsp3) is 0.556. The Kier molecular flexibility index (Phi) is 6.04. The van der Waals surface area contributed by atoms with Crippen LogP contribution in [0.1, 0.15) is 44.5 Å². The molecule has 0 atom stereocenters. The lowest BCUT2D eigenvalue weighted by atomic mass is 10.1. The minimum Gasteiger partial charge on any atom is -0.381 e. The fourth-order valence-electron chi connectivity index (χ4n) is 2.80. The van der Waals surface area contributed by atoms with Crippen LogP contribution in [0.5, 0.6) is 0 Å². The summed E-state index contributed by atoms with van der Waals surface area (Å²) in [7, 11) is 0. The Balaban J connectivity index is 2.28. The molecule has 0 spiro atoms. The van der Waals surface area contributed by atoms with E-state index >= 15 is 0 Å². The summed E-state index contributed by atoms with van der Waals surface area (Å²) in [6.45, 7) is 11.7. The van der Waals surface area contributed by atoms with E-state index in [2.05, 4.69) is 36.3 Å². The quantitative estimate of drug-likeness (QED) is 0.562. The largest absolute Gasteiger partial charge is 0.381 e. The van der Waals surface area contributed by atoms with E-state index in [9.17, 15) is 0 Å². The highest BCUT2D eigenvalue weighted by molar-refractivity contribution is 5.64. The molecular weight excluding hydrogens is 260 g/mol. The summed E-state index contributed by atoms with van der Waals surface area (Å²) in [5, 5.41) is 0. The second-order valence-electron chi connectivity index (χ2n) is 5.31. The molecular formula is C18H26N2O. The van der Waals surface area contributed by atoms with Crippen molar-refractivity contribution in [3.05, 3.63) is 35.8 Å². The van der Waals surface area contributed by atoms with E-state index in [1.807, 2.05) is 6.92 Å². The molecule has 0 bridgehead atoms. The van der Waals surface area contributed by atoms with Gasteiger partial charge in [0.15, 0.2) is 0 Å². The van der Waals surface area contributed by atoms with Crippen LogP contribution in [0.2, 0.25) is 0 Å². The minimum atomic E-state index is 0.729. The molecule has 2 heterocycles. The van der Waals surface area contributed by atoms with Crippen LogP contribution in [-0.4, -0.2) is 31.3 Å². The second-order valence-corrected chi connectivity index (χ2v) is 5.31. The number of rotatable bonds is 7. The minimum absolute atomic E-state index is 0.729. The molecule has 1 aliphatic rings. The number of allylic oxidation sites excluding steroid dienone is 1. The van der Waals surface area contributed by atoms with Crippen molar-refractivity contribution in [3.8, 4) is 0 Å². The summed E-state index contributed by atoms with van der Waals surface area (Å²) in [6.07, 6.45) is 4.32. The van der Waals surface area contributed by atoms with Gasteiger partial charge in [-0.15, -0.1) is 5.73 Å². The molecule has 0 N–H and O–H groups in total. The van der Waals surface area contributed by atoms with Crippen LogP contribution in [0, 0.1) is 0 Å². The van der Waals surface area contributed by atoms with E-state index in [-0.39, 0.29) is 0 Å². The van der Waals surface area contributed by atoms with Crippen molar-refractivity contribution in [2.45, 2.75) is 39.5 Å². The van der Waals surface area contributed by atoms with Gasteiger partial charge in [0.25, 0.3) is 0 Å². The van der Waals surface area contributed by atoms with Crippen LogP contribution in [0.3, 0.4) is 0 Å². The van der Waals surface area contributed by atoms with Crippen molar-refractivity contribution < 1.29 is 4.74 Å². The first-order valence-electron chi connectivity index (χ1n) is 8.02. The number of aromatic nitrogens is 1. The summed E-state index contributed by atoms with van der Waals surface area (Å²) >= 11 is 0. The van der Waals surface area contributed by atoms with Gasteiger partial charge in [-0.05, 0) is 38.3 Å². The molecule has 2 rings (SSSR count). The zero-order valence-electron chi connectivity index (χ0n) is 13.3. The lowest BCUT2D eigenvalue weighted by Crippen LogP contribution is -2.20. The van der Waals surface area contributed by atoms with Crippen molar-refractivity contribution in [2.75, 3.05) is 31.2 Å². The second kappa shape index (κ2) is 8.02. The molecule has 1 saturated heterocycles. The first-order chi connectivity index (χ1) is 10.3. The van der Waals surface area contributed by atoms with Gasteiger partial charge >= 0.3 is 0 Å². The zero-order valence-corrected chi connectivity index (χ0v) is 13.3. The average Bonchev–Trinajstić information content (AvgIpc) is 3.03. The Morgan fingerprint density at radius 3 is 2.71 bits per heavy atom. The average molecular weight is 286 g/mol. The Labute approximate surface area is 128 Å². The number of nitrogens with zero attached hydrogens (tertiary/aromatic N) is 2. The van der Waals surface area contributed by atoms with Gasteiger partial charge in [-0.25, -0.2) is 0 Å². The maximum atomic E-state index is 5.51. The van der Waals surface area contributed by atoms with Crippen LogP contribution >= 0.6 is 0 Å². The first-order valence-corrected chi connectivity index (χ1v) is 8.02. The third-order valence-electron chi connectivity index (χ3n) is 3.96. The monoisotopic (exact) mass is 286 g/mol. The molecule has 1 aromatic rings. The van der Waals surface area contributed by atoms with Crippen molar-refractivity contribution >= 4 is 11.3 Å². The van der Waals surface area contributed by atoms with Crippen molar-refractivity contribution in [2.24, 2.45) is 0 Å².